The predicted molar refractivity (Wildman–Crippen MR) is 80.0 cm³/mol. The van der Waals surface area contributed by atoms with Crippen LogP contribution in [0.2, 0.25) is 5.15 Å². The van der Waals surface area contributed by atoms with Crippen LogP contribution in [0.3, 0.4) is 0 Å². The van der Waals surface area contributed by atoms with Crippen molar-refractivity contribution in [2.45, 2.75) is 30.9 Å². The summed E-state index contributed by atoms with van der Waals surface area (Å²) in [5, 5.41) is 0.464. The van der Waals surface area contributed by atoms with Gasteiger partial charge in [-0.25, -0.2) is 9.97 Å². The van der Waals surface area contributed by atoms with Crippen molar-refractivity contribution in [2.24, 2.45) is 0 Å². The lowest BCUT2D eigenvalue weighted by atomic mass is 10.1. The van der Waals surface area contributed by atoms with Crippen molar-refractivity contribution in [1.29, 1.82) is 0 Å². The molecule has 0 N–H and O–H groups in total. The summed E-state index contributed by atoms with van der Waals surface area (Å²) in [6.45, 7) is 6.54. The number of anilines is 1. The van der Waals surface area contributed by atoms with Gasteiger partial charge >= 0.3 is 0 Å². The Morgan fingerprint density at radius 1 is 1.39 bits per heavy atom. The molecule has 1 aromatic heterocycles. The molecule has 1 fully saturated rings. The van der Waals surface area contributed by atoms with Crippen molar-refractivity contribution >= 4 is 40.8 Å². The number of hydrogen-bond acceptors (Lipinski definition) is 4. The van der Waals surface area contributed by atoms with Crippen LogP contribution in [0.15, 0.2) is 6.33 Å². The van der Waals surface area contributed by atoms with E-state index in [0.717, 1.165) is 36.6 Å². The zero-order valence-corrected chi connectivity index (χ0v) is 12.9. The number of thioether (sulfide) groups is 1. The Labute approximate surface area is 122 Å². The molecular weight excluding hydrogens is 289 g/mol. The van der Waals surface area contributed by atoms with Gasteiger partial charge in [0.15, 0.2) is 0 Å². The van der Waals surface area contributed by atoms with Crippen LogP contribution in [0.25, 0.3) is 0 Å². The molecule has 1 aliphatic heterocycles. The molecule has 0 saturated carbocycles. The summed E-state index contributed by atoms with van der Waals surface area (Å²) < 4.78 is 0.326. The fourth-order valence-electron chi connectivity index (χ4n) is 2.00. The quantitative estimate of drug-likeness (QED) is 0.617. The molecule has 2 heterocycles. The fraction of sp³-hybridized carbons (Fsp3) is 0.667. The molecule has 0 aliphatic carbocycles. The Kier molecular flexibility index (Phi) is 4.62. The van der Waals surface area contributed by atoms with E-state index in [4.69, 9.17) is 23.2 Å². The van der Waals surface area contributed by atoms with E-state index in [2.05, 4.69) is 28.7 Å². The van der Waals surface area contributed by atoms with E-state index < -0.39 is 0 Å². The monoisotopic (exact) mass is 305 g/mol. The highest BCUT2D eigenvalue weighted by atomic mass is 35.5. The molecule has 18 heavy (non-hydrogen) atoms. The third kappa shape index (κ3) is 3.22. The molecule has 0 radical (unpaired) electrons. The van der Waals surface area contributed by atoms with Crippen LogP contribution in [0.5, 0.6) is 0 Å². The van der Waals surface area contributed by atoms with E-state index in [1.807, 2.05) is 11.8 Å². The predicted octanol–water partition coefficient (Wildman–Crippen LogP) is 3.59. The van der Waals surface area contributed by atoms with Crippen molar-refractivity contribution in [2.75, 3.05) is 23.7 Å². The topological polar surface area (TPSA) is 29.0 Å². The second kappa shape index (κ2) is 5.85. The highest BCUT2D eigenvalue weighted by Crippen LogP contribution is 2.33. The van der Waals surface area contributed by atoms with E-state index in [1.165, 1.54) is 6.33 Å². The van der Waals surface area contributed by atoms with Crippen molar-refractivity contribution in [3.63, 3.8) is 0 Å². The summed E-state index contributed by atoms with van der Waals surface area (Å²) >= 11 is 14.0. The van der Waals surface area contributed by atoms with Gasteiger partial charge in [0, 0.05) is 29.2 Å². The minimum atomic E-state index is 0.326. The zero-order chi connectivity index (χ0) is 13.2. The first kappa shape index (κ1) is 14.2. The van der Waals surface area contributed by atoms with E-state index in [-0.39, 0.29) is 0 Å². The molecule has 0 aromatic carbocycles. The maximum Gasteiger partial charge on any atom is 0.138 e. The number of hydrogen-bond donors (Lipinski definition) is 0. The molecule has 1 aliphatic rings. The van der Waals surface area contributed by atoms with Gasteiger partial charge in [0.2, 0.25) is 0 Å². The first-order valence-electron chi connectivity index (χ1n) is 5.98. The Bertz CT molecular complexity index is 426. The smallest absolute Gasteiger partial charge is 0.138 e. The first-order chi connectivity index (χ1) is 8.53. The zero-order valence-electron chi connectivity index (χ0n) is 10.6. The number of nitrogens with zero attached hydrogens (tertiary/aromatic N) is 3. The minimum Gasteiger partial charge on any atom is -0.355 e. The molecule has 0 atom stereocenters. The highest BCUT2D eigenvalue weighted by molar-refractivity contribution is 8.00. The van der Waals surface area contributed by atoms with Gasteiger partial charge in [-0.1, -0.05) is 25.4 Å². The maximum atomic E-state index is 6.08. The third-order valence-corrected chi connectivity index (χ3v) is 5.11. The second-order valence-electron chi connectivity index (χ2n) is 4.95. The lowest BCUT2D eigenvalue weighted by Gasteiger charge is -2.24. The van der Waals surface area contributed by atoms with Gasteiger partial charge in [-0.15, -0.1) is 11.6 Å². The van der Waals surface area contributed by atoms with Gasteiger partial charge in [0.05, 0.1) is 5.88 Å². The lowest BCUT2D eigenvalue weighted by Crippen LogP contribution is -2.28. The van der Waals surface area contributed by atoms with Crippen molar-refractivity contribution < 1.29 is 0 Å². The van der Waals surface area contributed by atoms with Gasteiger partial charge in [-0.2, -0.15) is 11.8 Å². The standard InChI is InChI=1S/C12H17Cl2N3S/c1-12(2)3-4-17(5-6-18-12)11-9(7-13)10(14)15-8-16-11/h8H,3-7H2,1-2H3. The van der Waals surface area contributed by atoms with Crippen LogP contribution in [0.4, 0.5) is 5.82 Å². The summed E-state index contributed by atoms with van der Waals surface area (Å²) in [5.41, 5.74) is 0.838. The molecule has 1 saturated heterocycles. The van der Waals surface area contributed by atoms with Gasteiger partial charge < -0.3 is 4.90 Å². The van der Waals surface area contributed by atoms with Crippen LogP contribution in [-0.2, 0) is 5.88 Å². The minimum absolute atomic E-state index is 0.326. The summed E-state index contributed by atoms with van der Waals surface area (Å²) in [7, 11) is 0. The molecule has 6 heteroatoms. The molecule has 0 amide bonds. The van der Waals surface area contributed by atoms with Crippen LogP contribution < -0.4 is 4.90 Å². The number of halogens is 2. The fourth-order valence-corrected chi connectivity index (χ4v) is 3.61. The molecule has 0 bridgehead atoms. The Balaban J connectivity index is 2.24. The summed E-state index contributed by atoms with van der Waals surface area (Å²) in [6, 6.07) is 0. The Morgan fingerprint density at radius 2 is 2.17 bits per heavy atom. The van der Waals surface area contributed by atoms with Crippen LogP contribution >= 0.6 is 35.0 Å². The first-order valence-corrected chi connectivity index (χ1v) is 7.87. The van der Waals surface area contributed by atoms with E-state index in [1.54, 1.807) is 0 Å². The normalized spacial score (nSPS) is 19.7. The third-order valence-electron chi connectivity index (χ3n) is 3.14. The van der Waals surface area contributed by atoms with Crippen LogP contribution in [-0.4, -0.2) is 33.6 Å². The number of aromatic nitrogens is 2. The van der Waals surface area contributed by atoms with E-state index in [0.29, 0.717) is 15.8 Å². The van der Waals surface area contributed by atoms with E-state index >= 15 is 0 Å². The molecule has 0 unspecified atom stereocenters. The van der Waals surface area contributed by atoms with Crippen LogP contribution in [0.1, 0.15) is 25.8 Å². The molecule has 3 nitrogen and oxygen atoms in total. The van der Waals surface area contributed by atoms with Crippen molar-refractivity contribution in [1.82, 2.24) is 9.97 Å². The molecule has 1 aromatic rings. The van der Waals surface area contributed by atoms with Gasteiger partial charge in [0.1, 0.15) is 17.3 Å². The molecule has 2 rings (SSSR count). The van der Waals surface area contributed by atoms with Gasteiger partial charge in [0.25, 0.3) is 0 Å². The van der Waals surface area contributed by atoms with Crippen molar-refractivity contribution in [3.05, 3.63) is 17.0 Å². The average Bonchev–Trinajstić information content (AvgIpc) is 2.50. The van der Waals surface area contributed by atoms with Gasteiger partial charge in [-0.05, 0) is 6.42 Å². The van der Waals surface area contributed by atoms with Gasteiger partial charge in [-0.3, -0.25) is 0 Å². The lowest BCUT2D eigenvalue weighted by molar-refractivity contribution is 0.634. The van der Waals surface area contributed by atoms with E-state index in [9.17, 15) is 0 Å². The Morgan fingerprint density at radius 3 is 2.89 bits per heavy atom. The molecule has 100 valence electrons. The molecule has 0 spiro atoms. The number of rotatable bonds is 2. The summed E-state index contributed by atoms with van der Waals surface area (Å²) in [6.07, 6.45) is 2.64. The molecular formula is C12H17Cl2N3S. The summed E-state index contributed by atoms with van der Waals surface area (Å²) in [5.74, 6) is 2.33. The second-order valence-corrected chi connectivity index (χ2v) is 7.37. The largest absolute Gasteiger partial charge is 0.355 e. The average molecular weight is 306 g/mol. The SMILES string of the molecule is CC1(C)CCN(c2ncnc(Cl)c2CCl)CCS1. The maximum absolute atomic E-state index is 6.08. The van der Waals surface area contributed by atoms with Crippen LogP contribution in [0, 0.1) is 0 Å². The van der Waals surface area contributed by atoms with Crippen molar-refractivity contribution in [3.8, 4) is 0 Å². The number of alkyl halides is 1. The summed E-state index contributed by atoms with van der Waals surface area (Å²) in [4.78, 5) is 10.6. The highest BCUT2D eigenvalue weighted by Gasteiger charge is 2.25. The Hall–Kier alpha value is -0.190.